The van der Waals surface area contributed by atoms with E-state index in [1.807, 2.05) is 30.7 Å². The number of aromatic nitrogens is 3. The molecule has 0 bridgehead atoms. The number of nitrogens with one attached hydrogen (secondary N) is 2. The maximum Gasteiger partial charge on any atom is 0.192 e. The highest BCUT2D eigenvalue weighted by Gasteiger charge is 2.17. The van der Waals surface area contributed by atoms with E-state index < -0.39 is 0 Å². The van der Waals surface area contributed by atoms with Crippen molar-refractivity contribution < 1.29 is 4.74 Å². The van der Waals surface area contributed by atoms with E-state index in [4.69, 9.17) is 9.73 Å². The van der Waals surface area contributed by atoms with Crippen LogP contribution in [0.15, 0.2) is 29.3 Å². The van der Waals surface area contributed by atoms with E-state index in [1.165, 1.54) is 31.2 Å². The van der Waals surface area contributed by atoms with Crippen molar-refractivity contribution in [3.05, 3.63) is 41.5 Å². The maximum atomic E-state index is 6.03. The summed E-state index contributed by atoms with van der Waals surface area (Å²) in [7, 11) is 1.97. The molecule has 7 heteroatoms. The molecule has 1 aromatic heterocycles. The van der Waals surface area contributed by atoms with Gasteiger partial charge in [0.25, 0.3) is 0 Å². The van der Waals surface area contributed by atoms with Gasteiger partial charge in [0.1, 0.15) is 24.2 Å². The Labute approximate surface area is 167 Å². The molecule has 1 heterocycles. The molecule has 1 aliphatic rings. The molecule has 1 atom stereocenters. The van der Waals surface area contributed by atoms with Gasteiger partial charge >= 0.3 is 0 Å². The molecule has 0 radical (unpaired) electrons. The van der Waals surface area contributed by atoms with E-state index in [1.54, 1.807) is 0 Å². The first kappa shape index (κ1) is 20.2. The second kappa shape index (κ2) is 9.57. The third-order valence-corrected chi connectivity index (χ3v) is 5.14. The van der Waals surface area contributed by atoms with Gasteiger partial charge in [0.2, 0.25) is 0 Å². The molecule has 1 fully saturated rings. The first-order valence-electron chi connectivity index (χ1n) is 10.1. The normalized spacial score (nSPS) is 16.2. The average molecular weight is 385 g/mol. The van der Waals surface area contributed by atoms with E-state index in [2.05, 4.69) is 46.8 Å². The Morgan fingerprint density at radius 1 is 1.29 bits per heavy atom. The second-order valence-corrected chi connectivity index (χ2v) is 7.64. The van der Waals surface area contributed by atoms with Gasteiger partial charge in [-0.1, -0.05) is 25.0 Å². The van der Waals surface area contributed by atoms with Gasteiger partial charge in [0.05, 0.1) is 6.54 Å². The predicted molar refractivity (Wildman–Crippen MR) is 112 cm³/mol. The summed E-state index contributed by atoms with van der Waals surface area (Å²) in [6.45, 7) is 7.24. The molecule has 7 nitrogen and oxygen atoms in total. The predicted octanol–water partition coefficient (Wildman–Crippen LogP) is 2.88. The number of nitrogens with zero attached hydrogens (tertiary/aromatic N) is 4. The number of aliphatic imine (C=N–C) groups is 1. The van der Waals surface area contributed by atoms with Gasteiger partial charge < -0.3 is 19.9 Å². The van der Waals surface area contributed by atoms with Crippen LogP contribution in [0.4, 0.5) is 0 Å². The molecule has 28 heavy (non-hydrogen) atoms. The smallest absolute Gasteiger partial charge is 0.192 e. The number of benzene rings is 1. The Morgan fingerprint density at radius 2 is 2.07 bits per heavy atom. The number of guanidine groups is 1. The lowest BCUT2D eigenvalue weighted by molar-refractivity contribution is 0.223. The molecule has 1 saturated carbocycles. The Hall–Kier alpha value is -2.57. The quantitative estimate of drug-likeness (QED) is 0.567. The molecule has 3 rings (SSSR count). The van der Waals surface area contributed by atoms with Gasteiger partial charge in [-0.05, 0) is 51.3 Å². The summed E-state index contributed by atoms with van der Waals surface area (Å²) < 4.78 is 8.00. The number of hydrogen-bond donors (Lipinski definition) is 2. The van der Waals surface area contributed by atoms with Crippen molar-refractivity contribution in [2.24, 2.45) is 12.0 Å². The summed E-state index contributed by atoms with van der Waals surface area (Å²) >= 11 is 0. The Balaban J connectivity index is 1.59. The summed E-state index contributed by atoms with van der Waals surface area (Å²) in [4.78, 5) is 4.74. The molecular weight excluding hydrogens is 352 g/mol. The molecule has 1 unspecified atom stereocenters. The van der Waals surface area contributed by atoms with Crippen LogP contribution >= 0.6 is 0 Å². The summed E-state index contributed by atoms with van der Waals surface area (Å²) in [5.74, 6) is 3.45. The van der Waals surface area contributed by atoms with Crippen LogP contribution < -0.4 is 15.4 Å². The van der Waals surface area contributed by atoms with E-state index in [9.17, 15) is 0 Å². The minimum absolute atomic E-state index is 0.0226. The molecule has 0 aliphatic heterocycles. The van der Waals surface area contributed by atoms with Crippen molar-refractivity contribution in [1.29, 1.82) is 0 Å². The second-order valence-electron chi connectivity index (χ2n) is 7.64. The first-order chi connectivity index (χ1) is 13.5. The lowest BCUT2D eigenvalue weighted by atomic mass is 10.2. The standard InChI is InChI=1S/C21H32N6O/c1-15-8-7-11-19(12-15)28-16(2)13-22-21(24-18-9-5-6-10-18)23-14-20-26-25-17(3)27(20)4/h7-8,11-12,16,18H,5-6,9-10,13-14H2,1-4H3,(H2,22,23,24). The summed E-state index contributed by atoms with van der Waals surface area (Å²) in [6.07, 6.45) is 4.97. The van der Waals surface area contributed by atoms with Crippen LogP contribution in [-0.4, -0.2) is 39.4 Å². The SMILES string of the molecule is Cc1cccc(OC(C)CNC(=NCc2nnc(C)n2C)NC2CCCC2)c1. The van der Waals surface area contributed by atoms with E-state index >= 15 is 0 Å². The van der Waals surface area contributed by atoms with Crippen LogP contribution in [-0.2, 0) is 13.6 Å². The monoisotopic (exact) mass is 384 g/mol. The number of hydrogen-bond acceptors (Lipinski definition) is 4. The molecule has 1 aliphatic carbocycles. The number of rotatable bonds is 7. The van der Waals surface area contributed by atoms with Crippen molar-refractivity contribution >= 4 is 5.96 Å². The molecule has 0 amide bonds. The highest BCUT2D eigenvalue weighted by molar-refractivity contribution is 5.80. The van der Waals surface area contributed by atoms with Crippen molar-refractivity contribution in [2.75, 3.05) is 6.54 Å². The van der Waals surface area contributed by atoms with Crippen LogP contribution in [0.2, 0.25) is 0 Å². The Morgan fingerprint density at radius 3 is 2.75 bits per heavy atom. The minimum atomic E-state index is 0.0226. The fourth-order valence-corrected chi connectivity index (χ4v) is 3.36. The summed E-state index contributed by atoms with van der Waals surface area (Å²) in [5, 5.41) is 15.3. The molecule has 2 N–H and O–H groups in total. The number of ether oxygens (including phenoxy) is 1. The van der Waals surface area contributed by atoms with Crippen LogP contribution in [0, 0.1) is 13.8 Å². The van der Waals surface area contributed by atoms with Crippen molar-refractivity contribution in [2.45, 2.75) is 65.1 Å². The molecule has 2 aromatic rings. The third kappa shape index (κ3) is 5.71. The molecule has 1 aromatic carbocycles. The zero-order chi connectivity index (χ0) is 19.9. The Bertz CT molecular complexity index is 794. The number of aryl methyl sites for hydroxylation is 2. The van der Waals surface area contributed by atoms with Gasteiger partial charge in [0, 0.05) is 13.1 Å². The fraction of sp³-hybridized carbons (Fsp3) is 0.571. The summed E-state index contributed by atoms with van der Waals surface area (Å²) in [6, 6.07) is 8.62. The Kier molecular flexibility index (Phi) is 6.90. The first-order valence-corrected chi connectivity index (χ1v) is 10.1. The molecular formula is C21H32N6O. The topological polar surface area (TPSA) is 76.4 Å². The minimum Gasteiger partial charge on any atom is -0.489 e. The largest absolute Gasteiger partial charge is 0.489 e. The molecule has 0 spiro atoms. The van der Waals surface area contributed by atoms with Crippen molar-refractivity contribution in [3.63, 3.8) is 0 Å². The van der Waals surface area contributed by atoms with Gasteiger partial charge in [-0.25, -0.2) is 4.99 Å². The lowest BCUT2D eigenvalue weighted by Gasteiger charge is -2.20. The van der Waals surface area contributed by atoms with Crippen LogP contribution in [0.3, 0.4) is 0 Å². The van der Waals surface area contributed by atoms with Gasteiger partial charge in [-0.3, -0.25) is 0 Å². The third-order valence-electron chi connectivity index (χ3n) is 5.14. The maximum absolute atomic E-state index is 6.03. The van der Waals surface area contributed by atoms with Crippen LogP contribution in [0.5, 0.6) is 5.75 Å². The zero-order valence-electron chi connectivity index (χ0n) is 17.4. The van der Waals surface area contributed by atoms with Gasteiger partial charge in [-0.15, -0.1) is 10.2 Å². The van der Waals surface area contributed by atoms with E-state index in [0.717, 1.165) is 23.4 Å². The lowest BCUT2D eigenvalue weighted by Crippen LogP contribution is -2.45. The van der Waals surface area contributed by atoms with Crippen molar-refractivity contribution in [1.82, 2.24) is 25.4 Å². The zero-order valence-corrected chi connectivity index (χ0v) is 17.4. The summed E-state index contributed by atoms with van der Waals surface area (Å²) in [5.41, 5.74) is 1.20. The highest BCUT2D eigenvalue weighted by atomic mass is 16.5. The fourth-order valence-electron chi connectivity index (χ4n) is 3.36. The van der Waals surface area contributed by atoms with E-state index in [0.29, 0.717) is 19.1 Å². The van der Waals surface area contributed by atoms with Crippen LogP contribution in [0.25, 0.3) is 0 Å². The molecule has 152 valence electrons. The molecule has 0 saturated heterocycles. The average Bonchev–Trinajstić information content (AvgIpc) is 3.28. The highest BCUT2D eigenvalue weighted by Crippen LogP contribution is 2.17. The van der Waals surface area contributed by atoms with Crippen molar-refractivity contribution in [3.8, 4) is 5.75 Å². The van der Waals surface area contributed by atoms with Gasteiger partial charge in [0.15, 0.2) is 11.8 Å². The van der Waals surface area contributed by atoms with Gasteiger partial charge in [-0.2, -0.15) is 0 Å². The van der Waals surface area contributed by atoms with E-state index in [-0.39, 0.29) is 6.10 Å². The van der Waals surface area contributed by atoms with Crippen LogP contribution in [0.1, 0.15) is 49.8 Å².